The average molecular weight is 273 g/mol. The SMILES string of the molecule is CCC(O)CNC(=O)c1cccc(Br)n1. The summed E-state index contributed by atoms with van der Waals surface area (Å²) < 4.78 is 0.617. The van der Waals surface area contributed by atoms with Crippen molar-refractivity contribution in [3.8, 4) is 0 Å². The number of halogens is 1. The van der Waals surface area contributed by atoms with Crippen molar-refractivity contribution < 1.29 is 9.90 Å². The van der Waals surface area contributed by atoms with Gasteiger partial charge < -0.3 is 10.4 Å². The second-order valence-corrected chi connectivity index (χ2v) is 3.93. The van der Waals surface area contributed by atoms with Gasteiger partial charge in [-0.15, -0.1) is 0 Å². The number of aromatic nitrogens is 1. The molecule has 1 aromatic rings. The number of hydrogen-bond acceptors (Lipinski definition) is 3. The molecule has 4 nitrogen and oxygen atoms in total. The van der Waals surface area contributed by atoms with Gasteiger partial charge in [0.25, 0.3) is 5.91 Å². The smallest absolute Gasteiger partial charge is 0.270 e. The number of nitrogens with one attached hydrogen (secondary N) is 1. The number of hydrogen-bond donors (Lipinski definition) is 2. The molecule has 1 rings (SSSR count). The van der Waals surface area contributed by atoms with Crippen LogP contribution in [0.1, 0.15) is 23.8 Å². The molecular weight excluding hydrogens is 260 g/mol. The van der Waals surface area contributed by atoms with Crippen LogP contribution in [0.2, 0.25) is 0 Å². The zero-order valence-corrected chi connectivity index (χ0v) is 9.99. The molecule has 0 bridgehead atoms. The molecule has 0 aliphatic rings. The predicted molar refractivity (Wildman–Crippen MR) is 60.6 cm³/mol. The van der Waals surface area contributed by atoms with Crippen molar-refractivity contribution in [2.45, 2.75) is 19.4 Å². The molecule has 1 atom stereocenters. The Hall–Kier alpha value is -0.940. The Labute approximate surface area is 96.8 Å². The average Bonchev–Trinajstić information content (AvgIpc) is 2.25. The topological polar surface area (TPSA) is 62.2 Å². The number of aliphatic hydroxyl groups is 1. The van der Waals surface area contributed by atoms with Crippen molar-refractivity contribution in [1.29, 1.82) is 0 Å². The van der Waals surface area contributed by atoms with Crippen molar-refractivity contribution >= 4 is 21.8 Å². The first kappa shape index (κ1) is 12.1. The molecule has 1 heterocycles. The van der Waals surface area contributed by atoms with Crippen LogP contribution in [0.4, 0.5) is 0 Å². The maximum atomic E-state index is 11.5. The van der Waals surface area contributed by atoms with Gasteiger partial charge >= 0.3 is 0 Å². The Morgan fingerprint density at radius 2 is 2.40 bits per heavy atom. The van der Waals surface area contributed by atoms with E-state index in [0.717, 1.165) is 0 Å². The van der Waals surface area contributed by atoms with Crippen LogP contribution in [0.5, 0.6) is 0 Å². The maximum absolute atomic E-state index is 11.5. The Kier molecular flexibility index (Phi) is 4.71. The highest BCUT2D eigenvalue weighted by Gasteiger charge is 2.08. The summed E-state index contributed by atoms with van der Waals surface area (Å²) in [5, 5.41) is 11.9. The highest BCUT2D eigenvalue weighted by molar-refractivity contribution is 9.10. The van der Waals surface area contributed by atoms with E-state index in [9.17, 15) is 9.90 Å². The summed E-state index contributed by atoms with van der Waals surface area (Å²) in [5.41, 5.74) is 0.340. The highest BCUT2D eigenvalue weighted by Crippen LogP contribution is 2.05. The first-order valence-electron chi connectivity index (χ1n) is 4.72. The van der Waals surface area contributed by atoms with E-state index in [1.807, 2.05) is 6.92 Å². The standard InChI is InChI=1S/C10H13BrN2O2/c1-2-7(14)6-12-10(15)8-4-3-5-9(11)13-8/h3-5,7,14H,2,6H2,1H3,(H,12,15). The normalized spacial score (nSPS) is 12.2. The number of carbonyl (C=O) groups excluding carboxylic acids is 1. The summed E-state index contributed by atoms with van der Waals surface area (Å²) in [7, 11) is 0. The predicted octanol–water partition coefficient (Wildman–Crippen LogP) is 1.34. The Morgan fingerprint density at radius 1 is 1.67 bits per heavy atom. The molecule has 0 aliphatic heterocycles. The van der Waals surface area contributed by atoms with Crippen molar-refractivity contribution in [2.75, 3.05) is 6.54 Å². The maximum Gasteiger partial charge on any atom is 0.270 e. The molecule has 5 heteroatoms. The van der Waals surface area contributed by atoms with E-state index in [0.29, 0.717) is 16.7 Å². The lowest BCUT2D eigenvalue weighted by molar-refractivity contribution is 0.0909. The fourth-order valence-corrected chi connectivity index (χ4v) is 1.32. The summed E-state index contributed by atoms with van der Waals surface area (Å²) >= 11 is 3.18. The lowest BCUT2D eigenvalue weighted by Gasteiger charge is -2.08. The molecule has 1 aromatic heterocycles. The molecule has 82 valence electrons. The fraction of sp³-hybridized carbons (Fsp3) is 0.400. The molecule has 0 saturated carbocycles. The molecule has 0 radical (unpaired) electrons. The molecule has 2 N–H and O–H groups in total. The molecule has 15 heavy (non-hydrogen) atoms. The van der Waals surface area contributed by atoms with Gasteiger partial charge in [0.2, 0.25) is 0 Å². The van der Waals surface area contributed by atoms with Crippen molar-refractivity contribution in [3.63, 3.8) is 0 Å². The van der Waals surface area contributed by atoms with Crippen LogP contribution in [0, 0.1) is 0 Å². The second kappa shape index (κ2) is 5.82. The highest BCUT2D eigenvalue weighted by atomic mass is 79.9. The lowest BCUT2D eigenvalue weighted by atomic mass is 10.2. The molecule has 0 aromatic carbocycles. The van der Waals surface area contributed by atoms with Gasteiger partial charge in [-0.05, 0) is 34.5 Å². The largest absolute Gasteiger partial charge is 0.391 e. The monoisotopic (exact) mass is 272 g/mol. The van der Waals surface area contributed by atoms with Crippen LogP contribution in [-0.2, 0) is 0 Å². The summed E-state index contributed by atoms with van der Waals surface area (Å²) in [5.74, 6) is -0.274. The van der Waals surface area contributed by atoms with E-state index in [1.165, 1.54) is 0 Å². The number of carbonyl (C=O) groups is 1. The molecule has 1 unspecified atom stereocenters. The third-order valence-corrected chi connectivity index (χ3v) is 2.36. The number of pyridine rings is 1. The van der Waals surface area contributed by atoms with Crippen LogP contribution in [-0.4, -0.2) is 28.6 Å². The Balaban J connectivity index is 2.54. The van der Waals surface area contributed by atoms with Gasteiger partial charge in [-0.3, -0.25) is 4.79 Å². The number of amides is 1. The summed E-state index contributed by atoms with van der Waals surface area (Å²) in [6.45, 7) is 2.11. The van der Waals surface area contributed by atoms with Crippen LogP contribution in [0.15, 0.2) is 22.8 Å². The van der Waals surface area contributed by atoms with Gasteiger partial charge in [0.05, 0.1) is 6.10 Å². The number of nitrogens with zero attached hydrogens (tertiary/aromatic N) is 1. The lowest BCUT2D eigenvalue weighted by Crippen LogP contribution is -2.32. The zero-order valence-electron chi connectivity index (χ0n) is 8.40. The second-order valence-electron chi connectivity index (χ2n) is 3.12. The molecule has 0 saturated heterocycles. The van der Waals surface area contributed by atoms with Gasteiger partial charge in [0.15, 0.2) is 0 Å². The quantitative estimate of drug-likeness (QED) is 0.814. The van der Waals surface area contributed by atoms with E-state index >= 15 is 0 Å². The van der Waals surface area contributed by atoms with Crippen molar-refractivity contribution in [2.24, 2.45) is 0 Å². The van der Waals surface area contributed by atoms with Crippen LogP contribution >= 0.6 is 15.9 Å². The molecule has 1 amide bonds. The van der Waals surface area contributed by atoms with Crippen molar-refractivity contribution in [1.82, 2.24) is 10.3 Å². The summed E-state index contributed by atoms with van der Waals surface area (Å²) in [6.07, 6.45) is 0.118. The molecule has 0 spiro atoms. The van der Waals surface area contributed by atoms with E-state index < -0.39 is 6.10 Å². The minimum atomic E-state index is -0.499. The van der Waals surface area contributed by atoms with Crippen LogP contribution in [0.3, 0.4) is 0 Å². The third kappa shape index (κ3) is 3.97. The molecule has 0 fully saturated rings. The number of rotatable bonds is 4. The van der Waals surface area contributed by atoms with E-state index in [4.69, 9.17) is 0 Å². The van der Waals surface area contributed by atoms with Crippen LogP contribution in [0.25, 0.3) is 0 Å². The summed E-state index contributed by atoms with van der Waals surface area (Å²) in [4.78, 5) is 15.5. The Bertz CT molecular complexity index is 344. The van der Waals surface area contributed by atoms with Crippen molar-refractivity contribution in [3.05, 3.63) is 28.5 Å². The molecular formula is C10H13BrN2O2. The van der Waals surface area contributed by atoms with E-state index in [1.54, 1.807) is 18.2 Å². The van der Waals surface area contributed by atoms with E-state index in [-0.39, 0.29) is 12.5 Å². The number of aliphatic hydroxyl groups excluding tert-OH is 1. The van der Waals surface area contributed by atoms with Gasteiger partial charge in [-0.2, -0.15) is 0 Å². The fourth-order valence-electron chi connectivity index (χ4n) is 0.980. The summed E-state index contributed by atoms with van der Waals surface area (Å²) in [6, 6.07) is 5.11. The minimum Gasteiger partial charge on any atom is -0.391 e. The minimum absolute atomic E-state index is 0.253. The third-order valence-electron chi connectivity index (χ3n) is 1.92. The van der Waals surface area contributed by atoms with E-state index in [2.05, 4.69) is 26.2 Å². The molecule has 0 aliphatic carbocycles. The van der Waals surface area contributed by atoms with Gasteiger partial charge in [-0.25, -0.2) is 4.98 Å². The first-order valence-corrected chi connectivity index (χ1v) is 5.51. The zero-order chi connectivity index (χ0) is 11.3. The van der Waals surface area contributed by atoms with Gasteiger partial charge in [0, 0.05) is 6.54 Å². The van der Waals surface area contributed by atoms with Crippen LogP contribution < -0.4 is 5.32 Å². The van der Waals surface area contributed by atoms with Gasteiger partial charge in [-0.1, -0.05) is 13.0 Å². The first-order chi connectivity index (χ1) is 7.13. The van der Waals surface area contributed by atoms with Gasteiger partial charge in [0.1, 0.15) is 10.3 Å². The Morgan fingerprint density at radius 3 is 3.00 bits per heavy atom.